The number of anilines is 1. The Morgan fingerprint density at radius 2 is 1.47 bits per heavy atom. The lowest BCUT2D eigenvalue weighted by atomic mass is 10.2. The van der Waals surface area contributed by atoms with Crippen LogP contribution in [0, 0.1) is 10.1 Å². The molecule has 0 heterocycles. The number of non-ortho nitro benzene ring substituents is 1. The Morgan fingerprint density at radius 3 is 2.03 bits per heavy atom. The van der Waals surface area contributed by atoms with Gasteiger partial charge in [0.15, 0.2) is 0 Å². The van der Waals surface area contributed by atoms with Crippen LogP contribution in [-0.4, -0.2) is 31.2 Å². The number of carbonyl (C=O) groups excluding carboxylic acids is 1. The largest absolute Gasteiger partial charge is 0.497 e. The quantitative estimate of drug-likeness (QED) is 0.322. The fraction of sp³-hybridized carbons (Fsp3) is 0.136. The smallest absolute Gasteiger partial charge is 0.270 e. The van der Waals surface area contributed by atoms with Gasteiger partial charge in [-0.25, -0.2) is 0 Å². The molecule has 154 valence electrons. The normalized spacial score (nSPS) is 10.2. The predicted octanol–water partition coefficient (Wildman–Crippen LogP) is 4.31. The third-order valence-electron chi connectivity index (χ3n) is 4.11. The number of amides is 1. The van der Waals surface area contributed by atoms with E-state index in [4.69, 9.17) is 14.2 Å². The van der Waals surface area contributed by atoms with E-state index in [1.165, 1.54) is 24.3 Å². The Morgan fingerprint density at radius 1 is 0.900 bits per heavy atom. The van der Waals surface area contributed by atoms with Crippen LogP contribution in [0.1, 0.15) is 10.4 Å². The Hall–Kier alpha value is -4.07. The maximum absolute atomic E-state index is 12.3. The average Bonchev–Trinajstić information content (AvgIpc) is 2.78. The van der Waals surface area contributed by atoms with Crippen molar-refractivity contribution in [3.8, 4) is 17.2 Å². The molecule has 0 aliphatic rings. The summed E-state index contributed by atoms with van der Waals surface area (Å²) in [5.41, 5.74) is 0.622. The molecule has 0 spiro atoms. The van der Waals surface area contributed by atoms with Gasteiger partial charge in [-0.3, -0.25) is 14.9 Å². The molecule has 0 fully saturated rings. The van der Waals surface area contributed by atoms with E-state index in [9.17, 15) is 14.9 Å². The molecule has 0 aliphatic carbocycles. The molecule has 0 aromatic heterocycles. The van der Waals surface area contributed by atoms with Gasteiger partial charge in [0, 0.05) is 23.4 Å². The van der Waals surface area contributed by atoms with E-state index in [2.05, 4.69) is 5.32 Å². The van der Waals surface area contributed by atoms with Gasteiger partial charge >= 0.3 is 0 Å². The van der Waals surface area contributed by atoms with E-state index in [-0.39, 0.29) is 11.3 Å². The minimum Gasteiger partial charge on any atom is -0.497 e. The Bertz CT molecular complexity index is 1000. The second kappa shape index (κ2) is 9.92. The Kier molecular flexibility index (Phi) is 6.83. The average molecular weight is 408 g/mol. The van der Waals surface area contributed by atoms with Gasteiger partial charge in [0.1, 0.15) is 30.5 Å². The van der Waals surface area contributed by atoms with Crippen molar-refractivity contribution in [1.29, 1.82) is 0 Å². The van der Waals surface area contributed by atoms with E-state index >= 15 is 0 Å². The van der Waals surface area contributed by atoms with Gasteiger partial charge in [0.05, 0.1) is 12.0 Å². The molecule has 1 N–H and O–H groups in total. The molecule has 0 saturated carbocycles. The summed E-state index contributed by atoms with van der Waals surface area (Å²) < 4.78 is 16.3. The number of nitrogens with zero attached hydrogens (tertiary/aromatic N) is 1. The van der Waals surface area contributed by atoms with E-state index in [1.807, 2.05) is 24.3 Å². The Labute approximate surface area is 173 Å². The number of benzene rings is 3. The lowest BCUT2D eigenvalue weighted by Crippen LogP contribution is -2.12. The van der Waals surface area contributed by atoms with Crippen molar-refractivity contribution in [3.05, 3.63) is 88.5 Å². The highest BCUT2D eigenvalue weighted by molar-refractivity contribution is 6.04. The molecule has 8 heteroatoms. The Balaban J connectivity index is 1.46. The number of nitro groups is 1. The molecule has 0 saturated heterocycles. The van der Waals surface area contributed by atoms with Gasteiger partial charge in [-0.05, 0) is 54.6 Å². The van der Waals surface area contributed by atoms with Crippen molar-refractivity contribution in [3.63, 3.8) is 0 Å². The molecule has 0 bridgehead atoms. The van der Waals surface area contributed by atoms with E-state index in [0.717, 1.165) is 11.5 Å². The third kappa shape index (κ3) is 5.71. The number of hydrogen-bond donors (Lipinski definition) is 1. The summed E-state index contributed by atoms with van der Waals surface area (Å²) in [4.78, 5) is 22.6. The second-order valence-electron chi connectivity index (χ2n) is 6.16. The number of methoxy groups -OCH3 is 1. The summed E-state index contributed by atoms with van der Waals surface area (Å²) in [7, 11) is 1.61. The van der Waals surface area contributed by atoms with Crippen molar-refractivity contribution in [2.75, 3.05) is 25.6 Å². The summed E-state index contributed by atoms with van der Waals surface area (Å²) in [5.74, 6) is 1.68. The lowest BCUT2D eigenvalue weighted by molar-refractivity contribution is -0.384. The van der Waals surface area contributed by atoms with Crippen LogP contribution < -0.4 is 19.5 Å². The number of carbonyl (C=O) groups is 1. The van der Waals surface area contributed by atoms with Gasteiger partial charge < -0.3 is 19.5 Å². The summed E-state index contributed by atoms with van der Waals surface area (Å²) in [6.07, 6.45) is 0. The summed E-state index contributed by atoms with van der Waals surface area (Å²) in [6.45, 7) is 0.725. The van der Waals surface area contributed by atoms with Crippen molar-refractivity contribution >= 4 is 17.3 Å². The van der Waals surface area contributed by atoms with Gasteiger partial charge in [-0.15, -0.1) is 0 Å². The fourth-order valence-electron chi connectivity index (χ4n) is 2.59. The van der Waals surface area contributed by atoms with E-state index in [1.54, 1.807) is 31.4 Å². The minimum absolute atomic E-state index is 0.136. The first-order valence-corrected chi connectivity index (χ1v) is 9.10. The van der Waals surface area contributed by atoms with Gasteiger partial charge in [-0.1, -0.05) is 6.07 Å². The van der Waals surface area contributed by atoms with Gasteiger partial charge in [-0.2, -0.15) is 0 Å². The molecule has 30 heavy (non-hydrogen) atoms. The minimum atomic E-state index is -0.540. The molecule has 0 atom stereocenters. The van der Waals surface area contributed by atoms with Crippen LogP contribution in [0.5, 0.6) is 17.2 Å². The number of rotatable bonds is 9. The first-order chi connectivity index (χ1) is 14.5. The molecular weight excluding hydrogens is 388 g/mol. The fourth-order valence-corrected chi connectivity index (χ4v) is 2.59. The molecule has 0 unspecified atom stereocenters. The number of hydrogen-bond acceptors (Lipinski definition) is 6. The standard InChI is InChI=1S/C22H20N2O6/c1-28-19-9-11-21(12-10-19)30-14-13-29-20-7-5-17(6-8-20)23-22(25)16-3-2-4-18(15-16)24(26)27/h2-12,15H,13-14H2,1H3,(H,23,25). The number of ether oxygens (including phenoxy) is 3. The van der Waals surface area contributed by atoms with Crippen molar-refractivity contribution in [2.45, 2.75) is 0 Å². The van der Waals surface area contributed by atoms with Gasteiger partial charge in [0.2, 0.25) is 0 Å². The van der Waals surface area contributed by atoms with Crippen LogP contribution in [0.4, 0.5) is 11.4 Å². The van der Waals surface area contributed by atoms with Crippen molar-refractivity contribution in [2.24, 2.45) is 0 Å². The first-order valence-electron chi connectivity index (χ1n) is 9.10. The summed E-state index contributed by atoms with van der Waals surface area (Å²) in [6, 6.07) is 19.6. The third-order valence-corrected chi connectivity index (χ3v) is 4.11. The molecule has 0 aliphatic heterocycles. The van der Waals surface area contributed by atoms with E-state index in [0.29, 0.717) is 24.7 Å². The number of nitrogens with one attached hydrogen (secondary N) is 1. The highest BCUT2D eigenvalue weighted by atomic mass is 16.6. The van der Waals surface area contributed by atoms with Crippen LogP contribution >= 0.6 is 0 Å². The van der Waals surface area contributed by atoms with E-state index < -0.39 is 10.8 Å². The molecule has 3 aromatic rings. The van der Waals surface area contributed by atoms with Crippen molar-refractivity contribution in [1.82, 2.24) is 0 Å². The SMILES string of the molecule is COc1ccc(OCCOc2ccc(NC(=O)c3cccc([N+](=O)[O-])c3)cc2)cc1. The number of nitro benzene ring substituents is 1. The van der Waals surface area contributed by atoms with Crippen LogP contribution in [0.3, 0.4) is 0 Å². The molecular formula is C22H20N2O6. The monoisotopic (exact) mass is 408 g/mol. The van der Waals surface area contributed by atoms with Crippen LogP contribution in [-0.2, 0) is 0 Å². The highest BCUT2D eigenvalue weighted by Gasteiger charge is 2.11. The molecule has 3 aromatic carbocycles. The summed E-state index contributed by atoms with van der Waals surface area (Å²) >= 11 is 0. The maximum Gasteiger partial charge on any atom is 0.270 e. The zero-order valence-corrected chi connectivity index (χ0v) is 16.2. The molecule has 8 nitrogen and oxygen atoms in total. The zero-order valence-electron chi connectivity index (χ0n) is 16.2. The van der Waals surface area contributed by atoms with Crippen molar-refractivity contribution < 1.29 is 23.9 Å². The zero-order chi connectivity index (χ0) is 21.3. The summed E-state index contributed by atoms with van der Waals surface area (Å²) in [5, 5.41) is 13.5. The molecule has 1 amide bonds. The van der Waals surface area contributed by atoms with Crippen LogP contribution in [0.2, 0.25) is 0 Å². The van der Waals surface area contributed by atoms with Crippen LogP contribution in [0.25, 0.3) is 0 Å². The lowest BCUT2D eigenvalue weighted by Gasteiger charge is -2.10. The van der Waals surface area contributed by atoms with Gasteiger partial charge in [0.25, 0.3) is 11.6 Å². The highest BCUT2D eigenvalue weighted by Crippen LogP contribution is 2.19. The van der Waals surface area contributed by atoms with Crippen LogP contribution in [0.15, 0.2) is 72.8 Å². The topological polar surface area (TPSA) is 99.9 Å². The molecule has 3 rings (SSSR count). The molecule has 0 radical (unpaired) electrons. The predicted molar refractivity (Wildman–Crippen MR) is 111 cm³/mol. The second-order valence-corrected chi connectivity index (χ2v) is 6.16. The first kappa shape index (κ1) is 20.7. The maximum atomic E-state index is 12.3.